The third-order valence-electron chi connectivity index (χ3n) is 4.08. The standard InChI is InChI=1S/C14H24N2S/c1-10-5-4-6-11(2)13(10)16-9-12(3)14-15-7-8-17-14/h7-8,10-13,16H,4-6,9H2,1-3H3. The Morgan fingerprint density at radius 1 is 1.41 bits per heavy atom. The minimum Gasteiger partial charge on any atom is -0.313 e. The topological polar surface area (TPSA) is 24.9 Å². The van der Waals surface area contributed by atoms with E-state index in [1.807, 2.05) is 6.20 Å². The number of rotatable bonds is 4. The van der Waals surface area contributed by atoms with Gasteiger partial charge >= 0.3 is 0 Å². The van der Waals surface area contributed by atoms with Crippen molar-refractivity contribution in [2.75, 3.05) is 6.54 Å². The average molecular weight is 252 g/mol. The van der Waals surface area contributed by atoms with Gasteiger partial charge in [-0.1, -0.05) is 27.2 Å². The van der Waals surface area contributed by atoms with Crippen LogP contribution in [0.3, 0.4) is 0 Å². The summed E-state index contributed by atoms with van der Waals surface area (Å²) >= 11 is 1.77. The molecule has 0 aliphatic heterocycles. The van der Waals surface area contributed by atoms with Gasteiger partial charge in [0, 0.05) is 30.1 Å². The molecular formula is C14H24N2S. The summed E-state index contributed by atoms with van der Waals surface area (Å²) in [6.45, 7) is 8.11. The number of nitrogens with one attached hydrogen (secondary N) is 1. The Labute approximate surface area is 109 Å². The molecule has 0 saturated heterocycles. The van der Waals surface area contributed by atoms with Gasteiger partial charge in [-0.15, -0.1) is 11.3 Å². The molecule has 0 amide bonds. The fourth-order valence-corrected chi connectivity index (χ4v) is 3.66. The van der Waals surface area contributed by atoms with Crippen LogP contribution >= 0.6 is 11.3 Å². The third-order valence-corrected chi connectivity index (χ3v) is 5.08. The second-order valence-corrected chi connectivity index (χ2v) is 6.52. The van der Waals surface area contributed by atoms with Gasteiger partial charge in [-0.3, -0.25) is 0 Å². The first-order valence-electron chi connectivity index (χ1n) is 6.81. The molecule has 1 heterocycles. The highest BCUT2D eigenvalue weighted by Gasteiger charge is 2.27. The lowest BCUT2D eigenvalue weighted by Gasteiger charge is -2.36. The van der Waals surface area contributed by atoms with Crippen molar-refractivity contribution in [3.8, 4) is 0 Å². The molecule has 17 heavy (non-hydrogen) atoms. The normalized spacial score (nSPS) is 31.4. The number of hydrogen-bond donors (Lipinski definition) is 1. The van der Waals surface area contributed by atoms with E-state index >= 15 is 0 Å². The van der Waals surface area contributed by atoms with Crippen molar-refractivity contribution >= 4 is 11.3 Å². The fourth-order valence-electron chi connectivity index (χ4n) is 2.96. The van der Waals surface area contributed by atoms with Gasteiger partial charge < -0.3 is 5.32 Å². The van der Waals surface area contributed by atoms with Crippen molar-refractivity contribution in [2.24, 2.45) is 11.8 Å². The molecule has 1 fully saturated rings. The van der Waals surface area contributed by atoms with E-state index < -0.39 is 0 Å². The zero-order chi connectivity index (χ0) is 12.3. The fraction of sp³-hybridized carbons (Fsp3) is 0.786. The molecule has 1 N–H and O–H groups in total. The smallest absolute Gasteiger partial charge is 0.0965 e. The van der Waals surface area contributed by atoms with Gasteiger partial charge in [0.15, 0.2) is 0 Å². The molecule has 1 aliphatic carbocycles. The number of aromatic nitrogens is 1. The average Bonchev–Trinajstić information content (AvgIpc) is 2.81. The van der Waals surface area contributed by atoms with E-state index in [0.29, 0.717) is 12.0 Å². The molecule has 3 atom stereocenters. The largest absolute Gasteiger partial charge is 0.313 e. The van der Waals surface area contributed by atoms with E-state index in [0.717, 1.165) is 18.4 Å². The van der Waals surface area contributed by atoms with E-state index in [9.17, 15) is 0 Å². The molecule has 0 spiro atoms. The van der Waals surface area contributed by atoms with E-state index in [1.165, 1.54) is 24.3 Å². The lowest BCUT2D eigenvalue weighted by Crippen LogP contribution is -2.44. The lowest BCUT2D eigenvalue weighted by atomic mass is 9.78. The van der Waals surface area contributed by atoms with Crippen molar-refractivity contribution < 1.29 is 0 Å². The van der Waals surface area contributed by atoms with Gasteiger partial charge in [0.1, 0.15) is 0 Å². The van der Waals surface area contributed by atoms with Gasteiger partial charge in [-0.2, -0.15) is 0 Å². The highest BCUT2D eigenvalue weighted by atomic mass is 32.1. The van der Waals surface area contributed by atoms with Gasteiger partial charge in [-0.05, 0) is 24.7 Å². The van der Waals surface area contributed by atoms with Crippen molar-refractivity contribution in [3.63, 3.8) is 0 Å². The highest BCUT2D eigenvalue weighted by molar-refractivity contribution is 7.09. The van der Waals surface area contributed by atoms with Gasteiger partial charge in [-0.25, -0.2) is 4.98 Å². The van der Waals surface area contributed by atoms with Gasteiger partial charge in [0.25, 0.3) is 0 Å². The maximum Gasteiger partial charge on any atom is 0.0965 e. The Hall–Kier alpha value is -0.410. The Balaban J connectivity index is 1.84. The maximum atomic E-state index is 4.40. The zero-order valence-corrected chi connectivity index (χ0v) is 12.0. The molecule has 3 heteroatoms. The molecule has 1 aromatic rings. The molecule has 1 saturated carbocycles. The Morgan fingerprint density at radius 2 is 2.12 bits per heavy atom. The lowest BCUT2D eigenvalue weighted by molar-refractivity contribution is 0.207. The summed E-state index contributed by atoms with van der Waals surface area (Å²) in [6.07, 6.45) is 6.08. The predicted octanol–water partition coefficient (Wildman–Crippen LogP) is 3.66. The summed E-state index contributed by atoms with van der Waals surface area (Å²) in [5.74, 6) is 2.18. The van der Waals surface area contributed by atoms with E-state index in [4.69, 9.17) is 0 Å². The van der Waals surface area contributed by atoms with Crippen LogP contribution in [0.4, 0.5) is 0 Å². The Morgan fingerprint density at radius 3 is 2.71 bits per heavy atom. The highest BCUT2D eigenvalue weighted by Crippen LogP contribution is 2.29. The number of nitrogens with zero attached hydrogens (tertiary/aromatic N) is 1. The first-order chi connectivity index (χ1) is 8.18. The van der Waals surface area contributed by atoms with Gasteiger partial charge in [0.05, 0.1) is 5.01 Å². The SMILES string of the molecule is CC(CNC1C(C)CCCC1C)c1nccs1. The summed E-state index contributed by atoms with van der Waals surface area (Å²) in [6, 6.07) is 0.700. The molecule has 1 aromatic heterocycles. The van der Waals surface area contributed by atoms with E-state index in [2.05, 4.69) is 36.5 Å². The molecular weight excluding hydrogens is 228 g/mol. The Bertz CT molecular complexity index is 313. The van der Waals surface area contributed by atoms with Crippen molar-refractivity contribution in [1.82, 2.24) is 10.3 Å². The minimum atomic E-state index is 0.538. The second-order valence-electron chi connectivity index (χ2n) is 5.59. The first-order valence-corrected chi connectivity index (χ1v) is 7.69. The number of hydrogen-bond acceptors (Lipinski definition) is 3. The van der Waals surface area contributed by atoms with Crippen LogP contribution in [0.15, 0.2) is 11.6 Å². The maximum absolute atomic E-state index is 4.40. The summed E-state index contributed by atoms with van der Waals surface area (Å²) in [5.41, 5.74) is 0. The summed E-state index contributed by atoms with van der Waals surface area (Å²) < 4.78 is 0. The third kappa shape index (κ3) is 3.29. The van der Waals surface area contributed by atoms with Crippen LogP contribution in [0.25, 0.3) is 0 Å². The molecule has 3 unspecified atom stereocenters. The van der Waals surface area contributed by atoms with E-state index in [1.54, 1.807) is 11.3 Å². The molecule has 2 rings (SSSR count). The minimum absolute atomic E-state index is 0.538. The molecule has 1 aliphatic rings. The summed E-state index contributed by atoms with van der Waals surface area (Å²) in [4.78, 5) is 4.40. The Kier molecular flexibility index (Phi) is 4.57. The molecule has 0 radical (unpaired) electrons. The van der Waals surface area contributed by atoms with E-state index in [-0.39, 0.29) is 0 Å². The van der Waals surface area contributed by atoms with Crippen molar-refractivity contribution in [1.29, 1.82) is 0 Å². The first kappa shape index (κ1) is 13.0. The molecule has 0 bridgehead atoms. The van der Waals surface area contributed by atoms with Gasteiger partial charge in [0.2, 0.25) is 0 Å². The monoisotopic (exact) mass is 252 g/mol. The predicted molar refractivity (Wildman–Crippen MR) is 74.5 cm³/mol. The van der Waals surface area contributed by atoms with Crippen LogP contribution < -0.4 is 5.32 Å². The summed E-state index contributed by atoms with van der Waals surface area (Å²) in [5, 5.41) is 7.10. The van der Waals surface area contributed by atoms with Crippen LogP contribution in [0.1, 0.15) is 51.0 Å². The van der Waals surface area contributed by atoms with Crippen molar-refractivity contribution in [2.45, 2.75) is 52.0 Å². The van der Waals surface area contributed by atoms with Crippen LogP contribution in [0.2, 0.25) is 0 Å². The summed E-state index contributed by atoms with van der Waals surface area (Å²) in [7, 11) is 0. The van der Waals surface area contributed by atoms with Crippen LogP contribution in [0.5, 0.6) is 0 Å². The van der Waals surface area contributed by atoms with Crippen molar-refractivity contribution in [3.05, 3.63) is 16.6 Å². The molecule has 96 valence electrons. The quantitative estimate of drug-likeness (QED) is 0.884. The second kappa shape index (κ2) is 5.96. The van der Waals surface area contributed by atoms with Crippen LogP contribution in [0, 0.1) is 11.8 Å². The molecule has 0 aromatic carbocycles. The van der Waals surface area contributed by atoms with Crippen LogP contribution in [-0.4, -0.2) is 17.6 Å². The number of thiazole rings is 1. The molecule has 2 nitrogen and oxygen atoms in total. The van der Waals surface area contributed by atoms with Crippen LogP contribution in [-0.2, 0) is 0 Å². The zero-order valence-electron chi connectivity index (χ0n) is 11.1.